The lowest BCUT2D eigenvalue weighted by atomic mass is 10.2. The molecule has 0 aliphatic rings. The largest absolute Gasteiger partial charge is 0.482 e. The summed E-state index contributed by atoms with van der Waals surface area (Å²) >= 11 is 0. The number of amides is 1. The Kier molecular flexibility index (Phi) is 6.22. The van der Waals surface area contributed by atoms with Crippen LogP contribution in [0.15, 0.2) is 24.4 Å². The van der Waals surface area contributed by atoms with Gasteiger partial charge >= 0.3 is 5.97 Å². The molecule has 1 aromatic heterocycles. The number of hydrogen-bond acceptors (Lipinski definition) is 4. The molecule has 0 saturated carbocycles. The highest BCUT2D eigenvalue weighted by Crippen LogP contribution is 2.09. The Hall–Kier alpha value is -2.37. The van der Waals surface area contributed by atoms with Crippen LogP contribution in [0.5, 0.6) is 5.75 Å². The molecule has 20 heavy (non-hydrogen) atoms. The van der Waals surface area contributed by atoms with Crippen molar-refractivity contribution in [2.24, 2.45) is 5.92 Å². The van der Waals surface area contributed by atoms with Gasteiger partial charge < -0.3 is 15.2 Å². The molecular formula is C14H18N2O4. The van der Waals surface area contributed by atoms with Crippen LogP contribution in [0.4, 0.5) is 0 Å². The first kappa shape index (κ1) is 15.7. The predicted octanol–water partition coefficient (Wildman–Crippen LogP) is 1.33. The summed E-state index contributed by atoms with van der Waals surface area (Å²) in [5.41, 5.74) is 0.504. The van der Waals surface area contributed by atoms with E-state index in [0.717, 1.165) is 6.08 Å². The van der Waals surface area contributed by atoms with Gasteiger partial charge in [-0.2, -0.15) is 0 Å². The third kappa shape index (κ3) is 6.53. The highest BCUT2D eigenvalue weighted by Gasteiger charge is 2.03. The monoisotopic (exact) mass is 278 g/mol. The standard InChI is InChI=1S/C14H18N2O4/c1-10(2)7-16-13(17)9-20-12-5-3-11(15-8-12)4-6-14(18)19/h3-6,8,10H,7,9H2,1-2H3,(H,16,17)(H,18,19). The average Bonchev–Trinajstić information content (AvgIpc) is 2.41. The van der Waals surface area contributed by atoms with Crippen LogP contribution in [-0.2, 0) is 9.59 Å². The maximum atomic E-state index is 11.4. The van der Waals surface area contributed by atoms with E-state index in [1.165, 1.54) is 12.3 Å². The zero-order valence-corrected chi connectivity index (χ0v) is 11.5. The Morgan fingerprint density at radius 1 is 1.45 bits per heavy atom. The van der Waals surface area contributed by atoms with Crippen LogP contribution >= 0.6 is 0 Å². The van der Waals surface area contributed by atoms with Crippen molar-refractivity contribution in [1.29, 1.82) is 0 Å². The van der Waals surface area contributed by atoms with Crippen LogP contribution in [0.2, 0.25) is 0 Å². The lowest BCUT2D eigenvalue weighted by Crippen LogP contribution is -2.31. The fraction of sp³-hybridized carbons (Fsp3) is 0.357. The summed E-state index contributed by atoms with van der Waals surface area (Å²) in [6.45, 7) is 4.56. The molecule has 0 aliphatic carbocycles. The molecule has 0 aromatic carbocycles. The molecule has 0 saturated heterocycles. The summed E-state index contributed by atoms with van der Waals surface area (Å²) in [6, 6.07) is 3.24. The molecule has 0 bridgehead atoms. The predicted molar refractivity (Wildman–Crippen MR) is 74.2 cm³/mol. The number of nitrogens with one attached hydrogen (secondary N) is 1. The molecule has 2 N–H and O–H groups in total. The van der Waals surface area contributed by atoms with Crippen molar-refractivity contribution < 1.29 is 19.4 Å². The molecule has 0 radical (unpaired) electrons. The summed E-state index contributed by atoms with van der Waals surface area (Å²) in [5, 5.41) is 11.2. The van der Waals surface area contributed by atoms with E-state index in [1.807, 2.05) is 13.8 Å². The van der Waals surface area contributed by atoms with Crippen molar-refractivity contribution in [2.45, 2.75) is 13.8 Å². The molecule has 6 heteroatoms. The highest BCUT2D eigenvalue weighted by molar-refractivity contribution is 5.84. The van der Waals surface area contributed by atoms with Gasteiger partial charge in [-0.1, -0.05) is 13.8 Å². The van der Waals surface area contributed by atoms with Crippen molar-refractivity contribution >= 4 is 18.0 Å². The fourth-order valence-corrected chi connectivity index (χ4v) is 1.25. The number of aromatic nitrogens is 1. The number of carbonyl (C=O) groups excluding carboxylic acids is 1. The molecular weight excluding hydrogens is 260 g/mol. The number of hydrogen-bond donors (Lipinski definition) is 2. The lowest BCUT2D eigenvalue weighted by molar-refractivity contribution is -0.131. The van der Waals surface area contributed by atoms with Crippen LogP contribution in [0, 0.1) is 5.92 Å². The van der Waals surface area contributed by atoms with Gasteiger partial charge in [-0.05, 0) is 24.1 Å². The number of carbonyl (C=O) groups is 2. The Labute approximate surface area is 117 Å². The summed E-state index contributed by atoms with van der Waals surface area (Å²) in [6.07, 6.45) is 3.82. The normalized spacial score (nSPS) is 10.8. The number of aliphatic carboxylic acids is 1. The smallest absolute Gasteiger partial charge is 0.328 e. The van der Waals surface area contributed by atoms with Crippen LogP contribution in [-0.4, -0.2) is 35.1 Å². The number of nitrogens with zero attached hydrogens (tertiary/aromatic N) is 1. The number of carboxylic acid groups (broad SMARTS) is 1. The number of carboxylic acids is 1. The van der Waals surface area contributed by atoms with Gasteiger partial charge in [0.05, 0.1) is 11.9 Å². The highest BCUT2D eigenvalue weighted by atomic mass is 16.5. The molecule has 1 rings (SSSR count). The summed E-state index contributed by atoms with van der Waals surface area (Å²) in [7, 11) is 0. The van der Waals surface area contributed by atoms with Crippen LogP contribution in [0.25, 0.3) is 6.08 Å². The molecule has 0 fully saturated rings. The van der Waals surface area contributed by atoms with E-state index in [1.54, 1.807) is 12.1 Å². The van der Waals surface area contributed by atoms with Crippen LogP contribution in [0.1, 0.15) is 19.5 Å². The zero-order valence-electron chi connectivity index (χ0n) is 11.5. The minimum atomic E-state index is -1.03. The molecule has 1 aromatic rings. The van der Waals surface area contributed by atoms with Crippen molar-refractivity contribution in [3.63, 3.8) is 0 Å². The molecule has 0 unspecified atom stereocenters. The average molecular weight is 278 g/mol. The SMILES string of the molecule is CC(C)CNC(=O)COc1ccc(C=CC(=O)O)nc1. The molecule has 0 aliphatic heterocycles. The van der Waals surface area contributed by atoms with Crippen molar-refractivity contribution in [3.8, 4) is 5.75 Å². The van der Waals surface area contributed by atoms with Crippen molar-refractivity contribution in [1.82, 2.24) is 10.3 Å². The molecule has 0 spiro atoms. The fourth-order valence-electron chi connectivity index (χ4n) is 1.25. The van der Waals surface area contributed by atoms with Gasteiger partial charge in [0.2, 0.25) is 0 Å². The summed E-state index contributed by atoms with van der Waals surface area (Å²) < 4.78 is 5.27. The summed E-state index contributed by atoms with van der Waals surface area (Å²) in [5.74, 6) is -0.374. The van der Waals surface area contributed by atoms with Gasteiger partial charge in [0.15, 0.2) is 6.61 Å². The lowest BCUT2D eigenvalue weighted by Gasteiger charge is -2.08. The second-order valence-electron chi connectivity index (χ2n) is 4.58. The first-order valence-corrected chi connectivity index (χ1v) is 6.24. The molecule has 6 nitrogen and oxygen atoms in total. The number of rotatable bonds is 7. The van der Waals surface area contributed by atoms with Crippen LogP contribution < -0.4 is 10.1 Å². The van der Waals surface area contributed by atoms with Gasteiger partial charge in [0.1, 0.15) is 5.75 Å². The number of ether oxygens (including phenoxy) is 1. The molecule has 108 valence electrons. The van der Waals surface area contributed by atoms with E-state index < -0.39 is 5.97 Å². The molecule has 1 amide bonds. The van der Waals surface area contributed by atoms with E-state index >= 15 is 0 Å². The van der Waals surface area contributed by atoms with Crippen LogP contribution in [0.3, 0.4) is 0 Å². The Morgan fingerprint density at radius 2 is 2.20 bits per heavy atom. The van der Waals surface area contributed by atoms with Gasteiger partial charge in [0.25, 0.3) is 5.91 Å². The Balaban J connectivity index is 2.42. The zero-order chi connectivity index (χ0) is 15.0. The first-order chi connectivity index (χ1) is 9.47. The minimum absolute atomic E-state index is 0.0707. The minimum Gasteiger partial charge on any atom is -0.482 e. The van der Waals surface area contributed by atoms with E-state index in [9.17, 15) is 9.59 Å². The maximum absolute atomic E-state index is 11.4. The third-order valence-electron chi connectivity index (χ3n) is 2.23. The van der Waals surface area contributed by atoms with Gasteiger partial charge in [-0.3, -0.25) is 9.78 Å². The molecule has 1 heterocycles. The van der Waals surface area contributed by atoms with Gasteiger partial charge in [-0.15, -0.1) is 0 Å². The van der Waals surface area contributed by atoms with Crippen molar-refractivity contribution in [2.75, 3.05) is 13.2 Å². The second kappa shape index (κ2) is 7.93. The van der Waals surface area contributed by atoms with E-state index in [-0.39, 0.29) is 12.5 Å². The van der Waals surface area contributed by atoms with Crippen molar-refractivity contribution in [3.05, 3.63) is 30.1 Å². The quantitative estimate of drug-likeness (QED) is 0.735. The van der Waals surface area contributed by atoms with E-state index in [4.69, 9.17) is 9.84 Å². The van der Waals surface area contributed by atoms with E-state index in [2.05, 4.69) is 10.3 Å². The maximum Gasteiger partial charge on any atom is 0.328 e. The second-order valence-corrected chi connectivity index (χ2v) is 4.58. The van der Waals surface area contributed by atoms with E-state index in [0.29, 0.717) is 23.9 Å². The topological polar surface area (TPSA) is 88.5 Å². The van der Waals surface area contributed by atoms with Gasteiger partial charge in [0, 0.05) is 12.6 Å². The Morgan fingerprint density at radius 3 is 2.75 bits per heavy atom. The van der Waals surface area contributed by atoms with Gasteiger partial charge in [-0.25, -0.2) is 4.79 Å². The summed E-state index contributed by atoms with van der Waals surface area (Å²) in [4.78, 5) is 25.8. The first-order valence-electron chi connectivity index (χ1n) is 6.24. The third-order valence-corrected chi connectivity index (χ3v) is 2.23. The number of pyridine rings is 1. The molecule has 0 atom stereocenters. The Bertz CT molecular complexity index is 480.